The highest BCUT2D eigenvalue weighted by Crippen LogP contribution is 2.03. The largest absolute Gasteiger partial charge is 0.324 e. The third kappa shape index (κ3) is 2.40. The molecule has 16 heavy (non-hydrogen) atoms. The molecule has 1 aromatic rings. The fraction of sp³-hybridized carbons (Fsp3) is 0.364. The van der Waals surface area contributed by atoms with Crippen molar-refractivity contribution in [3.05, 3.63) is 26.4 Å². The predicted molar refractivity (Wildman–Crippen MR) is 70.1 cm³/mol. The fourth-order valence-corrected chi connectivity index (χ4v) is 2.21. The van der Waals surface area contributed by atoms with Crippen LogP contribution in [0, 0.1) is 3.57 Å². The van der Waals surface area contributed by atoms with E-state index in [1.165, 1.54) is 6.92 Å². The minimum absolute atomic E-state index is 0.0807. The van der Waals surface area contributed by atoms with Crippen LogP contribution in [0.4, 0.5) is 5.69 Å². The van der Waals surface area contributed by atoms with Crippen LogP contribution < -0.4 is 16.0 Å². The van der Waals surface area contributed by atoms with E-state index < -0.39 is 0 Å². The van der Waals surface area contributed by atoms with Gasteiger partial charge in [-0.15, -0.1) is 0 Å². The van der Waals surface area contributed by atoms with Crippen molar-refractivity contribution in [1.82, 2.24) is 0 Å². The number of carbonyl (C=O) groups is 1. The molecule has 0 spiro atoms. The van der Waals surface area contributed by atoms with Crippen LogP contribution in [-0.2, 0) is 4.79 Å². The first-order valence-electron chi connectivity index (χ1n) is 5.13. The Morgan fingerprint density at radius 3 is 2.69 bits per heavy atom. The van der Waals surface area contributed by atoms with E-state index in [2.05, 4.69) is 37.9 Å². The normalized spacial score (nSPS) is 14.1. The number of nitrogens with zero attached hydrogens (tertiary/aromatic N) is 2. The van der Waals surface area contributed by atoms with Crippen molar-refractivity contribution in [2.24, 2.45) is 9.98 Å². The van der Waals surface area contributed by atoms with Gasteiger partial charge in [-0.25, -0.2) is 0 Å². The van der Waals surface area contributed by atoms with Gasteiger partial charge in [-0.05, 0) is 41.1 Å². The number of hydrogen-bond donors (Lipinski definition) is 1. The summed E-state index contributed by atoms with van der Waals surface area (Å²) in [5.41, 5.74) is 0.758. The van der Waals surface area contributed by atoms with Crippen LogP contribution in [-0.4, -0.2) is 19.0 Å². The Balaban J connectivity index is 2.66. The maximum atomic E-state index is 11.1. The average molecular weight is 329 g/mol. The Kier molecular flexibility index (Phi) is 3.52. The number of amides is 1. The van der Waals surface area contributed by atoms with Crippen LogP contribution >= 0.6 is 22.6 Å². The van der Waals surface area contributed by atoms with Crippen molar-refractivity contribution in [2.75, 3.05) is 18.4 Å². The second-order valence-corrected chi connectivity index (χ2v) is 4.75. The highest BCUT2D eigenvalue weighted by molar-refractivity contribution is 14.1. The van der Waals surface area contributed by atoms with Gasteiger partial charge in [-0.2, -0.15) is 0 Å². The quantitative estimate of drug-likeness (QED) is 0.765. The summed E-state index contributed by atoms with van der Waals surface area (Å²) in [6.07, 6.45) is 0.963. The van der Waals surface area contributed by atoms with Crippen LogP contribution in [0.3, 0.4) is 0 Å². The molecule has 0 saturated heterocycles. The molecule has 1 N–H and O–H groups in total. The molecule has 1 amide bonds. The van der Waals surface area contributed by atoms with Gasteiger partial charge in [-0.1, -0.05) is 0 Å². The summed E-state index contributed by atoms with van der Waals surface area (Å²) in [6.45, 7) is 3.07. The number of benzene rings is 1. The lowest BCUT2D eigenvalue weighted by atomic mass is 10.3. The molecule has 4 nitrogen and oxygen atoms in total. The van der Waals surface area contributed by atoms with Crippen LogP contribution in [0.25, 0.3) is 0 Å². The van der Waals surface area contributed by atoms with Crippen molar-refractivity contribution in [1.29, 1.82) is 0 Å². The first-order valence-corrected chi connectivity index (χ1v) is 6.21. The summed E-state index contributed by atoms with van der Waals surface area (Å²) in [6, 6.07) is 3.83. The molecule has 0 aromatic heterocycles. The lowest BCUT2D eigenvalue weighted by Gasteiger charge is -2.03. The van der Waals surface area contributed by atoms with Gasteiger partial charge in [0.1, 0.15) is 5.36 Å². The summed E-state index contributed by atoms with van der Waals surface area (Å²) < 4.78 is 1.08. The van der Waals surface area contributed by atoms with Crippen molar-refractivity contribution in [3.63, 3.8) is 0 Å². The van der Waals surface area contributed by atoms with Crippen LogP contribution in [0.1, 0.15) is 13.3 Å². The third-order valence-corrected chi connectivity index (χ3v) is 3.14. The van der Waals surface area contributed by atoms with Crippen molar-refractivity contribution < 1.29 is 4.79 Å². The molecule has 0 radical (unpaired) electrons. The van der Waals surface area contributed by atoms with Crippen LogP contribution in [0.15, 0.2) is 22.1 Å². The van der Waals surface area contributed by atoms with Gasteiger partial charge in [0, 0.05) is 23.6 Å². The molecule has 84 valence electrons. The average Bonchev–Trinajstić information content (AvgIpc) is 2.47. The molecule has 0 atom stereocenters. The van der Waals surface area contributed by atoms with Gasteiger partial charge in [0.2, 0.25) is 5.91 Å². The molecular formula is C11H12IN3O. The summed E-state index contributed by atoms with van der Waals surface area (Å²) in [4.78, 5) is 20.1. The van der Waals surface area contributed by atoms with Gasteiger partial charge in [0.15, 0.2) is 0 Å². The SMILES string of the molecule is CC(=O)Nc1ccc(I)c2c1=NCCCN=2. The predicted octanol–water partition coefficient (Wildman–Crippen LogP) is 0.892. The molecular weight excluding hydrogens is 317 g/mol. The molecule has 2 rings (SSSR count). The van der Waals surface area contributed by atoms with Crippen molar-refractivity contribution in [3.8, 4) is 0 Å². The number of halogens is 1. The lowest BCUT2D eigenvalue weighted by Crippen LogP contribution is -2.32. The lowest BCUT2D eigenvalue weighted by molar-refractivity contribution is -0.114. The Labute approximate surface area is 107 Å². The van der Waals surface area contributed by atoms with E-state index in [9.17, 15) is 4.79 Å². The minimum atomic E-state index is -0.0807. The van der Waals surface area contributed by atoms with Gasteiger partial charge < -0.3 is 5.32 Å². The molecule has 1 aliphatic heterocycles. The third-order valence-electron chi connectivity index (χ3n) is 2.27. The Morgan fingerprint density at radius 2 is 2.00 bits per heavy atom. The van der Waals surface area contributed by atoms with Gasteiger partial charge in [-0.3, -0.25) is 14.8 Å². The second-order valence-electron chi connectivity index (χ2n) is 3.59. The zero-order valence-electron chi connectivity index (χ0n) is 8.96. The summed E-state index contributed by atoms with van der Waals surface area (Å²) in [7, 11) is 0. The molecule has 5 heteroatoms. The molecule has 1 aromatic carbocycles. The fourth-order valence-electron chi connectivity index (χ4n) is 1.61. The standard InChI is InChI=1S/C11H12IN3O/c1-7(16)15-9-4-3-8(12)10-11(9)14-6-2-5-13-10/h3-4H,2,5-6H2,1H3,(H,15,16). The Morgan fingerprint density at radius 1 is 1.31 bits per heavy atom. The maximum absolute atomic E-state index is 11.1. The molecule has 0 unspecified atom stereocenters. The van der Waals surface area contributed by atoms with E-state index in [-0.39, 0.29) is 5.91 Å². The highest BCUT2D eigenvalue weighted by Gasteiger charge is 2.06. The van der Waals surface area contributed by atoms with E-state index in [1.54, 1.807) is 0 Å². The number of nitrogens with one attached hydrogen (secondary N) is 1. The van der Waals surface area contributed by atoms with Crippen LogP contribution in [0.2, 0.25) is 0 Å². The van der Waals surface area contributed by atoms with E-state index in [0.29, 0.717) is 0 Å². The molecule has 0 aliphatic carbocycles. The van der Waals surface area contributed by atoms with E-state index in [1.807, 2.05) is 12.1 Å². The topological polar surface area (TPSA) is 53.8 Å². The molecule has 0 bridgehead atoms. The first-order chi connectivity index (χ1) is 7.68. The Bertz CT molecular complexity index is 539. The van der Waals surface area contributed by atoms with Gasteiger partial charge >= 0.3 is 0 Å². The number of hydrogen-bond acceptors (Lipinski definition) is 3. The van der Waals surface area contributed by atoms with E-state index in [4.69, 9.17) is 0 Å². The van der Waals surface area contributed by atoms with Gasteiger partial charge in [0.05, 0.1) is 11.0 Å². The van der Waals surface area contributed by atoms with E-state index in [0.717, 1.165) is 39.5 Å². The molecule has 1 heterocycles. The first kappa shape index (κ1) is 11.5. The number of anilines is 1. The van der Waals surface area contributed by atoms with Gasteiger partial charge in [0.25, 0.3) is 0 Å². The van der Waals surface area contributed by atoms with Crippen LogP contribution in [0.5, 0.6) is 0 Å². The number of rotatable bonds is 1. The summed E-state index contributed by atoms with van der Waals surface area (Å²) in [5.74, 6) is -0.0807. The second kappa shape index (κ2) is 4.90. The number of fused-ring (bicyclic) bond motifs is 1. The number of carbonyl (C=O) groups excluding carboxylic acids is 1. The zero-order valence-corrected chi connectivity index (χ0v) is 11.1. The molecule has 0 saturated carbocycles. The van der Waals surface area contributed by atoms with Crippen molar-refractivity contribution in [2.45, 2.75) is 13.3 Å². The smallest absolute Gasteiger partial charge is 0.221 e. The van der Waals surface area contributed by atoms with E-state index >= 15 is 0 Å². The molecule has 0 fully saturated rings. The minimum Gasteiger partial charge on any atom is -0.324 e. The summed E-state index contributed by atoms with van der Waals surface area (Å²) >= 11 is 2.24. The zero-order chi connectivity index (χ0) is 11.5. The molecule has 1 aliphatic rings. The maximum Gasteiger partial charge on any atom is 0.221 e. The summed E-state index contributed by atoms with van der Waals surface area (Å²) in [5, 5.41) is 4.52. The Hall–Kier alpha value is -0.980. The monoisotopic (exact) mass is 329 g/mol. The van der Waals surface area contributed by atoms with Crippen molar-refractivity contribution >= 4 is 34.2 Å². The highest BCUT2D eigenvalue weighted by atomic mass is 127.